The molecule has 0 bridgehead atoms. The summed E-state index contributed by atoms with van der Waals surface area (Å²) in [6.45, 7) is 6.35. The molecule has 0 aromatic heterocycles. The summed E-state index contributed by atoms with van der Waals surface area (Å²) in [5.41, 5.74) is 5.83. The van der Waals surface area contributed by atoms with Crippen LogP contribution in [0.4, 0.5) is 0 Å². The summed E-state index contributed by atoms with van der Waals surface area (Å²) in [6, 6.07) is -0.250. The average Bonchev–Trinajstić information content (AvgIpc) is 2.36. The maximum Gasteiger partial charge on any atom is 0.237 e. The molecule has 6 heteroatoms. The van der Waals surface area contributed by atoms with Crippen molar-refractivity contribution in [2.24, 2.45) is 5.73 Å². The van der Waals surface area contributed by atoms with Crippen LogP contribution in [0.1, 0.15) is 13.3 Å². The fourth-order valence-electron chi connectivity index (χ4n) is 1.94. The number of carbonyl (C=O) groups is 1. The van der Waals surface area contributed by atoms with E-state index in [4.69, 9.17) is 10.5 Å². The average molecular weight is 275 g/mol. The molecule has 0 aromatic rings. The van der Waals surface area contributed by atoms with Gasteiger partial charge in [0.15, 0.2) is 0 Å². The Bertz CT molecular complexity index is 247. The van der Waals surface area contributed by atoms with Crippen LogP contribution < -0.4 is 11.1 Å². The van der Waals surface area contributed by atoms with Crippen molar-refractivity contribution in [1.82, 2.24) is 10.2 Å². The summed E-state index contributed by atoms with van der Waals surface area (Å²) in [5, 5.41) is 2.98. The zero-order valence-corrected chi connectivity index (χ0v) is 12.2. The molecule has 1 rings (SSSR count). The van der Waals surface area contributed by atoms with Crippen LogP contribution in [0.2, 0.25) is 0 Å². The van der Waals surface area contributed by atoms with Crippen molar-refractivity contribution in [3.8, 4) is 0 Å². The molecule has 5 nitrogen and oxygen atoms in total. The Balaban J connectivity index is 2.21. The Labute approximate surface area is 114 Å². The first-order chi connectivity index (χ1) is 8.63. The van der Waals surface area contributed by atoms with E-state index in [0.29, 0.717) is 0 Å². The second-order valence-electron chi connectivity index (χ2n) is 4.71. The standard InChI is InChI=1S/C12H25N3O2S/c1-10(9-15-4-6-17-7-5-15)14-12(16)11(13)3-8-18-2/h10-11H,3-9,13H2,1-2H3,(H,14,16)/t10?,11-/m1/s1. The molecule has 0 radical (unpaired) electrons. The minimum Gasteiger partial charge on any atom is -0.379 e. The number of nitrogens with two attached hydrogens (primary N) is 1. The number of carbonyl (C=O) groups excluding carboxylic acids is 1. The maximum absolute atomic E-state index is 11.8. The van der Waals surface area contributed by atoms with Crippen LogP contribution in [0.5, 0.6) is 0 Å². The van der Waals surface area contributed by atoms with Crippen molar-refractivity contribution in [2.75, 3.05) is 44.9 Å². The largest absolute Gasteiger partial charge is 0.379 e. The van der Waals surface area contributed by atoms with Crippen molar-refractivity contribution < 1.29 is 9.53 Å². The number of morpholine rings is 1. The van der Waals surface area contributed by atoms with Gasteiger partial charge in [0.1, 0.15) is 0 Å². The number of hydrogen-bond donors (Lipinski definition) is 2. The highest BCUT2D eigenvalue weighted by molar-refractivity contribution is 7.98. The van der Waals surface area contributed by atoms with E-state index in [2.05, 4.69) is 10.2 Å². The van der Waals surface area contributed by atoms with E-state index in [1.807, 2.05) is 13.2 Å². The highest BCUT2D eigenvalue weighted by Gasteiger charge is 2.18. The minimum atomic E-state index is -0.385. The number of rotatable bonds is 7. The number of ether oxygens (including phenoxy) is 1. The SMILES string of the molecule is CSCC[C@@H](N)C(=O)NC(C)CN1CCOCC1. The molecule has 1 fully saturated rings. The predicted octanol–water partition coefficient (Wildman–Crippen LogP) is -0.0963. The molecule has 3 N–H and O–H groups in total. The molecule has 1 heterocycles. The van der Waals surface area contributed by atoms with Crippen LogP contribution in [0, 0.1) is 0 Å². The monoisotopic (exact) mass is 275 g/mol. The van der Waals surface area contributed by atoms with Gasteiger partial charge in [-0.05, 0) is 25.4 Å². The van der Waals surface area contributed by atoms with Crippen LogP contribution in [0.25, 0.3) is 0 Å². The highest BCUT2D eigenvalue weighted by Crippen LogP contribution is 2.01. The number of nitrogens with one attached hydrogen (secondary N) is 1. The fourth-order valence-corrected chi connectivity index (χ4v) is 2.43. The van der Waals surface area contributed by atoms with Gasteiger partial charge in [0.2, 0.25) is 5.91 Å². The third-order valence-electron chi connectivity index (χ3n) is 2.99. The molecule has 0 saturated carbocycles. The normalized spacial score (nSPS) is 20.4. The van der Waals surface area contributed by atoms with Gasteiger partial charge in [-0.2, -0.15) is 11.8 Å². The van der Waals surface area contributed by atoms with Gasteiger partial charge in [-0.3, -0.25) is 9.69 Å². The molecule has 1 saturated heterocycles. The zero-order chi connectivity index (χ0) is 13.4. The molecule has 1 amide bonds. The zero-order valence-electron chi connectivity index (χ0n) is 11.4. The summed E-state index contributed by atoms with van der Waals surface area (Å²) >= 11 is 1.71. The molecule has 18 heavy (non-hydrogen) atoms. The van der Waals surface area contributed by atoms with Crippen LogP contribution in [-0.4, -0.2) is 67.7 Å². The summed E-state index contributed by atoms with van der Waals surface area (Å²) < 4.78 is 5.29. The second-order valence-corrected chi connectivity index (χ2v) is 5.70. The van der Waals surface area contributed by atoms with Gasteiger partial charge in [0.25, 0.3) is 0 Å². The number of hydrogen-bond acceptors (Lipinski definition) is 5. The lowest BCUT2D eigenvalue weighted by Gasteiger charge is -2.29. The van der Waals surface area contributed by atoms with Gasteiger partial charge >= 0.3 is 0 Å². The lowest BCUT2D eigenvalue weighted by atomic mass is 10.2. The quantitative estimate of drug-likeness (QED) is 0.679. The van der Waals surface area contributed by atoms with Gasteiger partial charge in [0.05, 0.1) is 19.3 Å². The smallest absolute Gasteiger partial charge is 0.237 e. The molecule has 0 aromatic carbocycles. The van der Waals surface area contributed by atoms with Gasteiger partial charge in [-0.25, -0.2) is 0 Å². The third kappa shape index (κ3) is 6.04. The van der Waals surface area contributed by atoms with E-state index >= 15 is 0 Å². The lowest BCUT2D eigenvalue weighted by molar-refractivity contribution is -0.123. The first-order valence-corrected chi connectivity index (χ1v) is 7.88. The Morgan fingerprint density at radius 2 is 2.17 bits per heavy atom. The molecule has 1 aliphatic heterocycles. The van der Waals surface area contributed by atoms with Gasteiger partial charge in [-0.1, -0.05) is 0 Å². The van der Waals surface area contributed by atoms with Gasteiger partial charge < -0.3 is 15.8 Å². The number of amides is 1. The molecular formula is C12H25N3O2S. The summed E-state index contributed by atoms with van der Waals surface area (Å²) in [7, 11) is 0. The van der Waals surface area contributed by atoms with Gasteiger partial charge in [0, 0.05) is 25.7 Å². The van der Waals surface area contributed by atoms with E-state index in [1.165, 1.54) is 0 Å². The van der Waals surface area contributed by atoms with Crippen molar-refractivity contribution in [1.29, 1.82) is 0 Å². The summed E-state index contributed by atoms with van der Waals surface area (Å²) in [5.74, 6) is 0.886. The van der Waals surface area contributed by atoms with Crippen molar-refractivity contribution in [3.63, 3.8) is 0 Å². The van der Waals surface area contributed by atoms with E-state index in [9.17, 15) is 4.79 Å². The minimum absolute atomic E-state index is 0.0372. The number of thioether (sulfide) groups is 1. The van der Waals surface area contributed by atoms with Crippen LogP contribution in [0.15, 0.2) is 0 Å². The van der Waals surface area contributed by atoms with Gasteiger partial charge in [-0.15, -0.1) is 0 Å². The maximum atomic E-state index is 11.8. The Kier molecular flexibility index (Phi) is 7.65. The molecule has 0 spiro atoms. The predicted molar refractivity (Wildman–Crippen MR) is 75.8 cm³/mol. The van der Waals surface area contributed by atoms with Crippen LogP contribution >= 0.6 is 11.8 Å². The molecule has 1 aliphatic rings. The van der Waals surface area contributed by atoms with E-state index in [1.54, 1.807) is 11.8 Å². The molecule has 1 unspecified atom stereocenters. The number of nitrogens with zero attached hydrogens (tertiary/aromatic N) is 1. The third-order valence-corrected chi connectivity index (χ3v) is 3.64. The second kappa shape index (κ2) is 8.74. The Morgan fingerprint density at radius 1 is 1.50 bits per heavy atom. The summed E-state index contributed by atoms with van der Waals surface area (Å²) in [6.07, 6.45) is 2.75. The molecule has 0 aliphatic carbocycles. The molecule has 106 valence electrons. The first kappa shape index (κ1) is 15.8. The molecular weight excluding hydrogens is 250 g/mol. The fraction of sp³-hybridized carbons (Fsp3) is 0.917. The first-order valence-electron chi connectivity index (χ1n) is 6.48. The highest BCUT2D eigenvalue weighted by atomic mass is 32.2. The van der Waals surface area contributed by atoms with Crippen LogP contribution in [0.3, 0.4) is 0 Å². The van der Waals surface area contributed by atoms with E-state index in [-0.39, 0.29) is 18.0 Å². The Hall–Kier alpha value is -0.300. The topological polar surface area (TPSA) is 67.6 Å². The molecule has 2 atom stereocenters. The van der Waals surface area contributed by atoms with E-state index < -0.39 is 0 Å². The van der Waals surface area contributed by atoms with Crippen LogP contribution in [-0.2, 0) is 9.53 Å². The Morgan fingerprint density at radius 3 is 2.78 bits per heavy atom. The van der Waals surface area contributed by atoms with Crippen molar-refractivity contribution in [3.05, 3.63) is 0 Å². The van der Waals surface area contributed by atoms with E-state index in [0.717, 1.165) is 45.0 Å². The van der Waals surface area contributed by atoms with Crippen molar-refractivity contribution in [2.45, 2.75) is 25.4 Å². The lowest BCUT2D eigenvalue weighted by Crippen LogP contribution is -2.50. The van der Waals surface area contributed by atoms with Crippen molar-refractivity contribution >= 4 is 17.7 Å². The summed E-state index contributed by atoms with van der Waals surface area (Å²) in [4.78, 5) is 14.1.